The Hall–Kier alpha value is -0.390. The summed E-state index contributed by atoms with van der Waals surface area (Å²) < 4.78 is 1.14. The van der Waals surface area contributed by atoms with Gasteiger partial charge in [-0.3, -0.25) is 4.79 Å². The third-order valence-corrected chi connectivity index (χ3v) is 4.45. The summed E-state index contributed by atoms with van der Waals surface area (Å²) in [5.74, 6) is 0.122. The van der Waals surface area contributed by atoms with Gasteiger partial charge < -0.3 is 10.6 Å². The van der Waals surface area contributed by atoms with E-state index in [0.717, 1.165) is 17.4 Å². The minimum absolute atomic E-state index is 0.122. The van der Waals surface area contributed by atoms with E-state index in [2.05, 4.69) is 38.9 Å². The predicted molar refractivity (Wildman–Crippen MR) is 76.2 cm³/mol. The summed E-state index contributed by atoms with van der Waals surface area (Å²) in [5, 5.41) is 8.27. The van der Waals surface area contributed by atoms with Gasteiger partial charge >= 0.3 is 0 Å². The van der Waals surface area contributed by atoms with E-state index >= 15 is 0 Å². The van der Waals surface area contributed by atoms with Crippen molar-refractivity contribution in [2.24, 2.45) is 0 Å². The van der Waals surface area contributed by atoms with Crippen molar-refractivity contribution < 1.29 is 4.79 Å². The number of thiophene rings is 1. The molecule has 0 spiro atoms. The van der Waals surface area contributed by atoms with Gasteiger partial charge in [0, 0.05) is 34.9 Å². The van der Waals surface area contributed by atoms with Gasteiger partial charge in [-0.25, -0.2) is 0 Å². The monoisotopic (exact) mass is 318 g/mol. The van der Waals surface area contributed by atoms with Crippen LogP contribution in [0.4, 0.5) is 0 Å². The van der Waals surface area contributed by atoms with E-state index in [9.17, 15) is 4.79 Å². The van der Waals surface area contributed by atoms with Crippen LogP contribution in [0.1, 0.15) is 31.6 Å². The Kier molecular flexibility index (Phi) is 6.77. The van der Waals surface area contributed by atoms with E-state index in [1.54, 1.807) is 11.3 Å². The SMILES string of the molecule is CCC(C)NC(=O)CCNCc1sccc1Br. The van der Waals surface area contributed by atoms with Gasteiger partial charge in [-0.15, -0.1) is 11.3 Å². The number of hydrogen-bond donors (Lipinski definition) is 2. The van der Waals surface area contributed by atoms with E-state index in [4.69, 9.17) is 0 Å². The van der Waals surface area contributed by atoms with Crippen molar-refractivity contribution in [3.05, 3.63) is 20.8 Å². The molecule has 3 nitrogen and oxygen atoms in total. The first kappa shape index (κ1) is 14.7. The third kappa shape index (κ3) is 5.66. The standard InChI is InChI=1S/C12H19BrN2OS/c1-3-9(2)15-12(16)4-6-14-8-11-10(13)5-7-17-11/h5,7,9,14H,3-4,6,8H2,1-2H3,(H,15,16). The topological polar surface area (TPSA) is 41.1 Å². The largest absolute Gasteiger partial charge is 0.354 e. The van der Waals surface area contributed by atoms with Crippen molar-refractivity contribution >= 4 is 33.2 Å². The van der Waals surface area contributed by atoms with E-state index in [-0.39, 0.29) is 11.9 Å². The molecular weight excluding hydrogens is 300 g/mol. The molecule has 0 aliphatic carbocycles. The molecule has 0 bridgehead atoms. The fraction of sp³-hybridized carbons (Fsp3) is 0.583. The van der Waals surface area contributed by atoms with Gasteiger partial charge in [0.05, 0.1) is 0 Å². The first-order valence-corrected chi connectivity index (χ1v) is 7.52. The van der Waals surface area contributed by atoms with Gasteiger partial charge in [-0.2, -0.15) is 0 Å². The van der Waals surface area contributed by atoms with E-state index in [1.165, 1.54) is 4.88 Å². The van der Waals surface area contributed by atoms with Crippen molar-refractivity contribution in [1.29, 1.82) is 0 Å². The summed E-state index contributed by atoms with van der Waals surface area (Å²) in [6.07, 6.45) is 1.51. The van der Waals surface area contributed by atoms with Gasteiger partial charge in [0.2, 0.25) is 5.91 Å². The number of carbonyl (C=O) groups excluding carboxylic acids is 1. The molecule has 96 valence electrons. The van der Waals surface area contributed by atoms with Gasteiger partial charge in [0.25, 0.3) is 0 Å². The molecule has 0 saturated carbocycles. The third-order valence-electron chi connectivity index (χ3n) is 2.53. The lowest BCUT2D eigenvalue weighted by molar-refractivity contribution is -0.121. The van der Waals surface area contributed by atoms with E-state index in [0.29, 0.717) is 13.0 Å². The quantitative estimate of drug-likeness (QED) is 0.759. The number of carbonyl (C=O) groups is 1. The molecule has 0 saturated heterocycles. The van der Waals surface area contributed by atoms with Gasteiger partial charge in [0.15, 0.2) is 0 Å². The summed E-state index contributed by atoms with van der Waals surface area (Å²) in [4.78, 5) is 12.8. The molecule has 1 amide bonds. The summed E-state index contributed by atoms with van der Waals surface area (Å²) >= 11 is 5.19. The highest BCUT2D eigenvalue weighted by Gasteiger charge is 2.05. The first-order valence-electron chi connectivity index (χ1n) is 5.85. The molecule has 1 heterocycles. The summed E-state index contributed by atoms with van der Waals surface area (Å²) in [6, 6.07) is 2.31. The smallest absolute Gasteiger partial charge is 0.221 e. The fourth-order valence-electron chi connectivity index (χ4n) is 1.30. The number of hydrogen-bond acceptors (Lipinski definition) is 3. The molecule has 1 aromatic rings. The first-order chi connectivity index (χ1) is 8.13. The van der Waals surface area contributed by atoms with Gasteiger partial charge in [-0.1, -0.05) is 6.92 Å². The molecule has 1 atom stereocenters. The zero-order valence-corrected chi connectivity index (χ0v) is 12.7. The Morgan fingerprint density at radius 1 is 1.59 bits per heavy atom. The van der Waals surface area contributed by atoms with Crippen LogP contribution in [0, 0.1) is 0 Å². The Balaban J connectivity index is 2.12. The highest BCUT2D eigenvalue weighted by molar-refractivity contribution is 9.10. The van der Waals surface area contributed by atoms with Crippen LogP contribution in [0.3, 0.4) is 0 Å². The van der Waals surface area contributed by atoms with Crippen LogP contribution < -0.4 is 10.6 Å². The summed E-state index contributed by atoms with van der Waals surface area (Å²) in [7, 11) is 0. The van der Waals surface area contributed by atoms with Crippen molar-refractivity contribution in [2.75, 3.05) is 6.54 Å². The molecule has 0 radical (unpaired) electrons. The second-order valence-corrected chi connectivity index (χ2v) is 5.85. The Morgan fingerprint density at radius 3 is 2.94 bits per heavy atom. The summed E-state index contributed by atoms with van der Waals surface area (Å²) in [5.41, 5.74) is 0. The minimum atomic E-state index is 0.122. The van der Waals surface area contributed by atoms with Crippen molar-refractivity contribution in [3.8, 4) is 0 Å². The van der Waals surface area contributed by atoms with Gasteiger partial charge in [-0.05, 0) is 40.7 Å². The molecule has 0 aliphatic heterocycles. The molecule has 0 fully saturated rings. The predicted octanol–water partition coefficient (Wildman–Crippen LogP) is 2.91. The molecule has 2 N–H and O–H groups in total. The fourth-order valence-corrected chi connectivity index (χ4v) is 2.77. The average molecular weight is 319 g/mol. The maximum Gasteiger partial charge on any atom is 0.221 e. The second kappa shape index (κ2) is 7.84. The lowest BCUT2D eigenvalue weighted by Gasteiger charge is -2.11. The highest BCUT2D eigenvalue weighted by Crippen LogP contribution is 2.21. The molecule has 0 aliphatic rings. The van der Waals surface area contributed by atoms with Crippen molar-refractivity contribution in [1.82, 2.24) is 10.6 Å². The zero-order valence-electron chi connectivity index (χ0n) is 10.3. The number of nitrogens with one attached hydrogen (secondary N) is 2. The molecular formula is C12H19BrN2OS. The molecule has 5 heteroatoms. The normalized spacial score (nSPS) is 12.4. The number of rotatable bonds is 7. The van der Waals surface area contributed by atoms with Crippen LogP contribution in [0.15, 0.2) is 15.9 Å². The number of amides is 1. The minimum Gasteiger partial charge on any atom is -0.354 e. The highest BCUT2D eigenvalue weighted by atomic mass is 79.9. The van der Waals surface area contributed by atoms with Crippen molar-refractivity contribution in [3.63, 3.8) is 0 Å². The maximum atomic E-state index is 11.5. The van der Waals surface area contributed by atoms with Crippen LogP contribution >= 0.6 is 27.3 Å². The van der Waals surface area contributed by atoms with E-state index < -0.39 is 0 Å². The second-order valence-electron chi connectivity index (χ2n) is 4.00. The Bertz CT molecular complexity index is 354. The lowest BCUT2D eigenvalue weighted by Crippen LogP contribution is -2.33. The van der Waals surface area contributed by atoms with E-state index in [1.807, 2.05) is 13.0 Å². The maximum absolute atomic E-state index is 11.5. The summed E-state index contributed by atoms with van der Waals surface area (Å²) in [6.45, 7) is 5.62. The molecule has 1 aromatic heterocycles. The zero-order chi connectivity index (χ0) is 12.7. The lowest BCUT2D eigenvalue weighted by atomic mass is 10.2. The van der Waals surface area contributed by atoms with Gasteiger partial charge in [0.1, 0.15) is 0 Å². The van der Waals surface area contributed by atoms with Crippen LogP contribution in [0.5, 0.6) is 0 Å². The molecule has 17 heavy (non-hydrogen) atoms. The van der Waals surface area contributed by atoms with Crippen molar-refractivity contribution in [2.45, 2.75) is 39.3 Å². The Labute approximate surface area is 115 Å². The Morgan fingerprint density at radius 2 is 2.35 bits per heavy atom. The van der Waals surface area contributed by atoms with Crippen LogP contribution in [0.25, 0.3) is 0 Å². The molecule has 1 rings (SSSR count). The average Bonchev–Trinajstić information content (AvgIpc) is 2.70. The van der Waals surface area contributed by atoms with Crippen LogP contribution in [0.2, 0.25) is 0 Å². The molecule has 0 aromatic carbocycles. The number of halogens is 1. The van der Waals surface area contributed by atoms with Crippen LogP contribution in [-0.4, -0.2) is 18.5 Å². The molecule has 1 unspecified atom stereocenters. The van der Waals surface area contributed by atoms with Crippen LogP contribution in [-0.2, 0) is 11.3 Å².